The summed E-state index contributed by atoms with van der Waals surface area (Å²) < 4.78 is 236. The summed E-state index contributed by atoms with van der Waals surface area (Å²) in [5.41, 5.74) is -3.82. The summed E-state index contributed by atoms with van der Waals surface area (Å²) in [6.45, 7) is 0. The van der Waals surface area contributed by atoms with Crippen molar-refractivity contribution in [2.75, 3.05) is 0 Å². The van der Waals surface area contributed by atoms with E-state index in [1.54, 1.807) is 0 Å². The van der Waals surface area contributed by atoms with Gasteiger partial charge in [-0.15, -0.1) is 0 Å². The van der Waals surface area contributed by atoms with Crippen LogP contribution in [0.15, 0.2) is 187 Å². The van der Waals surface area contributed by atoms with Crippen molar-refractivity contribution in [1.82, 2.24) is 13.7 Å². The molecule has 0 aliphatic carbocycles. The van der Waals surface area contributed by atoms with Gasteiger partial charge in [0.2, 0.25) is 0 Å². The number of hydrogen-bond donors (Lipinski definition) is 0. The number of para-hydroxylation sites is 4. The van der Waals surface area contributed by atoms with E-state index in [1.165, 1.54) is 28.8 Å². The van der Waals surface area contributed by atoms with E-state index in [0.717, 1.165) is 15.2 Å². The Kier molecular flexibility index (Phi) is 2.72. The van der Waals surface area contributed by atoms with Crippen LogP contribution in [-0.4, -0.2) is 13.7 Å². The average Bonchev–Trinajstić information content (AvgIpc) is 4.26. The van der Waals surface area contributed by atoms with Crippen LogP contribution in [0.2, 0.25) is 0 Å². The number of aromatic nitrogens is 3. The van der Waals surface area contributed by atoms with Gasteiger partial charge in [0.25, 0.3) is 0 Å². The summed E-state index contributed by atoms with van der Waals surface area (Å²) in [7, 11) is 0. The smallest absolute Gasteiger partial charge is 0.0652 e. The van der Waals surface area contributed by atoms with Crippen molar-refractivity contribution < 1.29 is 35.6 Å². The quantitative estimate of drug-likeness (QED) is 0.176. The average molecular weight is 676 g/mol. The molecule has 3 nitrogen and oxygen atoms in total. The summed E-state index contributed by atoms with van der Waals surface area (Å²) in [5.74, 6) is 0. The lowest BCUT2D eigenvalue weighted by molar-refractivity contribution is 1.16. The van der Waals surface area contributed by atoms with Gasteiger partial charge in [-0.05, 0) is 83.7 Å². The molecule has 0 saturated heterocycles. The molecule has 8 aromatic carbocycles. The fourth-order valence-electron chi connectivity index (χ4n) is 6.65. The van der Waals surface area contributed by atoms with Crippen LogP contribution < -0.4 is 0 Å². The van der Waals surface area contributed by atoms with Crippen LogP contribution >= 0.6 is 0 Å². The molecule has 0 saturated carbocycles. The van der Waals surface area contributed by atoms with E-state index in [4.69, 9.17) is 23.3 Å². The van der Waals surface area contributed by atoms with E-state index < -0.39 is 196 Å². The maximum atomic E-state index is 10.0. The van der Waals surface area contributed by atoms with Gasteiger partial charge in [-0.2, -0.15) is 0 Å². The van der Waals surface area contributed by atoms with E-state index in [9.17, 15) is 12.3 Å². The first-order valence-electron chi connectivity index (χ1n) is 28.4. The first-order valence-corrected chi connectivity index (χ1v) is 15.4. The zero-order chi connectivity index (χ0) is 56.1. The van der Waals surface area contributed by atoms with Crippen molar-refractivity contribution in [3.05, 3.63) is 187 Å². The van der Waals surface area contributed by atoms with Crippen LogP contribution in [-0.2, 0) is 0 Å². The summed E-state index contributed by atoms with van der Waals surface area (Å²) in [6.07, 6.45) is 0. The molecule has 0 radical (unpaired) electrons. The van der Waals surface area contributed by atoms with E-state index >= 15 is 0 Å². The van der Waals surface area contributed by atoms with Gasteiger partial charge in [0.1, 0.15) is 0 Å². The minimum absolute atomic E-state index is 0.00928. The predicted octanol–water partition coefficient (Wildman–Crippen LogP) is 12.6. The second-order valence-corrected chi connectivity index (χ2v) is 11.4. The Labute approximate surface area is 331 Å². The van der Waals surface area contributed by atoms with Crippen LogP contribution in [0.3, 0.4) is 0 Å². The van der Waals surface area contributed by atoms with Crippen LogP contribution in [0.4, 0.5) is 0 Å². The van der Waals surface area contributed by atoms with E-state index in [0.29, 0.717) is 0 Å². The van der Waals surface area contributed by atoms with Crippen molar-refractivity contribution in [3.8, 4) is 28.2 Å². The van der Waals surface area contributed by atoms with E-state index in [1.807, 2.05) is 0 Å². The van der Waals surface area contributed by atoms with E-state index in [2.05, 4.69) is 0 Å². The predicted molar refractivity (Wildman–Crippen MR) is 215 cm³/mol. The SMILES string of the molecule is [2H]c1c([2H])c([2H])c(-c2cccc(-n3c4c([2H])c([2H])c([2H])c([2H])c4c4c([2H])c(-n5c6c([2H])c([2H])c(-n7c8c([2H])c([2H])c([2H])c([2H])c8c8c([2H])c([2H])c([2H])c([2H])c87)cc6c6c([2H])c([2H])c([2H])c([2H])c65)c([2H])c([2H])c43)c2)c([2H])c1[2H]. The van der Waals surface area contributed by atoms with Gasteiger partial charge in [-0.25, -0.2) is 0 Å². The molecule has 3 aromatic heterocycles. The zero-order valence-corrected chi connectivity index (χ0v) is 25.7. The van der Waals surface area contributed by atoms with Crippen molar-refractivity contribution in [2.24, 2.45) is 0 Å². The largest absolute Gasteiger partial charge is 0.309 e. The van der Waals surface area contributed by atoms with Crippen LogP contribution in [0.25, 0.3) is 93.6 Å². The maximum Gasteiger partial charge on any atom is 0.0652 e. The van der Waals surface area contributed by atoms with Crippen molar-refractivity contribution in [2.45, 2.75) is 0 Å². The van der Waals surface area contributed by atoms with Crippen LogP contribution in [0, 0.1) is 0 Å². The number of hydrogen-bond acceptors (Lipinski definition) is 0. The standard InChI is InChI=1S/C48H31N3/c1-2-13-32(14-3-1)33-15-12-16-34(29-33)49-45-23-10-6-19-39(45)41-31-36(26-27-47(41)49)51-46-24-11-7-20-40(46)42-30-35(25-28-48(42)51)50-43-21-8-4-17-37(43)38-18-5-9-22-44(38)50/h1-31H/i1D,2D,3D,4D,5D,6D,7D,8D,9D,10D,11D,13D,14D,17D,18D,19D,20D,21D,22D,23D,24D,25D,26D,27D,28D,31D. The summed E-state index contributed by atoms with van der Waals surface area (Å²) >= 11 is 0. The number of fused-ring (bicyclic) bond motifs is 9. The van der Waals surface area contributed by atoms with Crippen LogP contribution in [0.1, 0.15) is 35.6 Å². The first kappa shape index (κ1) is 12.8. The highest BCUT2D eigenvalue weighted by atomic mass is 15.0. The molecule has 0 aliphatic heterocycles. The molecule has 0 spiro atoms. The number of rotatable bonds is 4. The normalized spacial score (nSPS) is 19.1. The fourth-order valence-corrected chi connectivity index (χ4v) is 6.65. The Morgan fingerprint density at radius 2 is 0.765 bits per heavy atom. The van der Waals surface area contributed by atoms with Gasteiger partial charge in [0, 0.05) is 49.4 Å². The highest BCUT2D eigenvalue weighted by Gasteiger charge is 2.18. The molecular weight excluding hydrogens is 619 g/mol. The topological polar surface area (TPSA) is 14.8 Å². The molecule has 0 bridgehead atoms. The molecule has 0 atom stereocenters. The third-order valence-corrected chi connectivity index (χ3v) is 8.76. The van der Waals surface area contributed by atoms with Crippen molar-refractivity contribution in [1.29, 1.82) is 0 Å². The minimum Gasteiger partial charge on any atom is -0.309 e. The maximum absolute atomic E-state index is 10.0. The fraction of sp³-hybridized carbons (Fsp3) is 0. The summed E-state index contributed by atoms with van der Waals surface area (Å²) in [4.78, 5) is 0. The number of nitrogens with zero attached hydrogens (tertiary/aromatic N) is 3. The van der Waals surface area contributed by atoms with Crippen LogP contribution in [0.5, 0.6) is 0 Å². The second-order valence-electron chi connectivity index (χ2n) is 11.4. The van der Waals surface area contributed by atoms with Gasteiger partial charge in [-0.3, -0.25) is 0 Å². The van der Waals surface area contributed by atoms with Gasteiger partial charge in [0.05, 0.1) is 68.7 Å². The third kappa shape index (κ3) is 4.12. The Morgan fingerprint density at radius 3 is 1.39 bits per heavy atom. The minimum atomic E-state index is -0.862. The van der Waals surface area contributed by atoms with Crippen molar-refractivity contribution in [3.63, 3.8) is 0 Å². The molecule has 0 N–H and O–H groups in total. The second kappa shape index (κ2) is 10.8. The molecule has 0 unspecified atom stereocenters. The molecule has 0 amide bonds. The Balaban J connectivity index is 1.32. The lowest BCUT2D eigenvalue weighted by Crippen LogP contribution is -1.97. The van der Waals surface area contributed by atoms with Gasteiger partial charge in [-0.1, -0.05) is 115 Å². The molecular formula is C48H31N3. The lowest BCUT2D eigenvalue weighted by Gasteiger charge is -2.12. The summed E-state index contributed by atoms with van der Waals surface area (Å²) in [5, 5.41) is -2.16. The molecule has 11 aromatic rings. The molecule has 0 fully saturated rings. The first-order chi connectivity index (χ1) is 36.1. The molecule has 238 valence electrons. The molecule has 0 aliphatic rings. The Bertz CT molecular complexity index is 4540. The van der Waals surface area contributed by atoms with Gasteiger partial charge < -0.3 is 13.7 Å². The highest BCUT2D eigenvalue weighted by Crippen LogP contribution is 2.39. The summed E-state index contributed by atoms with van der Waals surface area (Å²) in [6, 6.07) is -12.4. The molecule has 3 heteroatoms. The van der Waals surface area contributed by atoms with Gasteiger partial charge in [0.15, 0.2) is 0 Å². The Morgan fingerprint density at radius 1 is 0.314 bits per heavy atom. The third-order valence-electron chi connectivity index (χ3n) is 8.76. The highest BCUT2D eigenvalue weighted by molar-refractivity contribution is 6.14. The monoisotopic (exact) mass is 675 g/mol. The Hall–Kier alpha value is -6.84. The van der Waals surface area contributed by atoms with Crippen molar-refractivity contribution >= 4 is 65.4 Å². The molecule has 51 heavy (non-hydrogen) atoms. The number of benzene rings is 8. The molecule has 11 rings (SSSR count). The lowest BCUT2D eigenvalue weighted by atomic mass is 10.1. The molecule has 3 heterocycles. The zero-order valence-electron chi connectivity index (χ0n) is 51.7. The van der Waals surface area contributed by atoms with Gasteiger partial charge >= 0.3 is 0 Å². The van der Waals surface area contributed by atoms with E-state index in [-0.39, 0.29) is 54.8 Å².